The smallest absolute Gasteiger partial charge is 0.300 e. The molecular weight excluding hydrogens is 524 g/mol. The Morgan fingerprint density at radius 1 is 0.929 bits per heavy atom. The zero-order chi connectivity index (χ0) is 29.4. The number of aromatic nitrogens is 1. The van der Waals surface area contributed by atoms with Gasteiger partial charge in [-0.05, 0) is 65.9 Å². The van der Waals surface area contributed by atoms with Crippen LogP contribution < -0.4 is 9.64 Å². The molecule has 0 bridgehead atoms. The van der Waals surface area contributed by atoms with E-state index in [1.807, 2.05) is 92.0 Å². The second-order valence-electron chi connectivity index (χ2n) is 11.0. The van der Waals surface area contributed by atoms with Crippen molar-refractivity contribution >= 4 is 34.0 Å². The maximum absolute atomic E-state index is 13.7. The molecule has 1 amide bonds. The first-order valence-corrected chi connectivity index (χ1v) is 14.1. The Bertz CT molecular complexity index is 1820. The third kappa shape index (κ3) is 4.85. The van der Waals surface area contributed by atoms with Gasteiger partial charge < -0.3 is 14.8 Å². The minimum absolute atomic E-state index is 0.0510. The number of rotatable bonds is 7. The highest BCUT2D eigenvalue weighted by Gasteiger charge is 2.47. The Kier molecular flexibility index (Phi) is 7.13. The van der Waals surface area contributed by atoms with Crippen molar-refractivity contribution in [3.8, 4) is 5.75 Å². The van der Waals surface area contributed by atoms with Gasteiger partial charge in [0.25, 0.3) is 11.7 Å². The zero-order valence-corrected chi connectivity index (χ0v) is 23.8. The Balaban J connectivity index is 1.44. The number of fused-ring (bicyclic) bond motifs is 1. The Labute approximate surface area is 244 Å². The molecule has 6 nitrogen and oxygen atoms in total. The number of nitrogens with zero attached hydrogens (tertiary/aromatic N) is 1. The van der Waals surface area contributed by atoms with Gasteiger partial charge >= 0.3 is 0 Å². The second-order valence-corrected chi connectivity index (χ2v) is 11.0. The number of carbonyl (C=O) groups excluding carboxylic acids is 2. The predicted octanol–water partition coefficient (Wildman–Crippen LogP) is 7.81. The summed E-state index contributed by atoms with van der Waals surface area (Å²) in [7, 11) is 0. The molecule has 0 saturated carbocycles. The van der Waals surface area contributed by atoms with Crippen LogP contribution >= 0.6 is 0 Å². The molecule has 1 aliphatic heterocycles. The van der Waals surface area contributed by atoms with Gasteiger partial charge in [0.1, 0.15) is 18.1 Å². The molecule has 2 heterocycles. The molecule has 4 aromatic carbocycles. The maximum atomic E-state index is 13.7. The van der Waals surface area contributed by atoms with E-state index in [4.69, 9.17) is 4.74 Å². The van der Waals surface area contributed by atoms with Crippen molar-refractivity contribution < 1.29 is 19.4 Å². The molecule has 6 rings (SSSR count). The number of aliphatic hydroxyl groups excluding tert-OH is 1. The van der Waals surface area contributed by atoms with Crippen molar-refractivity contribution in [1.82, 2.24) is 4.98 Å². The molecule has 1 saturated heterocycles. The van der Waals surface area contributed by atoms with Crippen LogP contribution in [0, 0.1) is 6.92 Å². The van der Waals surface area contributed by atoms with E-state index in [2.05, 4.69) is 18.8 Å². The summed E-state index contributed by atoms with van der Waals surface area (Å²) in [6, 6.07) is 29.8. The van der Waals surface area contributed by atoms with E-state index >= 15 is 0 Å². The van der Waals surface area contributed by atoms with Crippen LogP contribution in [0.25, 0.3) is 16.7 Å². The fourth-order valence-electron chi connectivity index (χ4n) is 5.58. The first-order valence-electron chi connectivity index (χ1n) is 14.1. The van der Waals surface area contributed by atoms with Gasteiger partial charge in [0.05, 0.1) is 11.6 Å². The zero-order valence-electron chi connectivity index (χ0n) is 23.8. The number of anilines is 1. The van der Waals surface area contributed by atoms with Gasteiger partial charge in [-0.15, -0.1) is 0 Å². The lowest BCUT2D eigenvalue weighted by atomic mass is 9.94. The number of aliphatic hydroxyl groups is 1. The van der Waals surface area contributed by atoms with Gasteiger partial charge in [0.15, 0.2) is 0 Å². The van der Waals surface area contributed by atoms with Crippen LogP contribution in [0.2, 0.25) is 0 Å². The molecule has 210 valence electrons. The number of carbonyl (C=O) groups is 2. The molecule has 2 N–H and O–H groups in total. The fourth-order valence-corrected chi connectivity index (χ4v) is 5.58. The normalized spacial score (nSPS) is 16.5. The van der Waals surface area contributed by atoms with Crippen molar-refractivity contribution in [3.05, 3.63) is 137 Å². The predicted molar refractivity (Wildman–Crippen MR) is 166 cm³/mol. The molecule has 1 aliphatic rings. The fraction of sp³-hybridized carbons (Fsp3) is 0.167. The van der Waals surface area contributed by atoms with E-state index in [9.17, 15) is 14.7 Å². The largest absolute Gasteiger partial charge is 0.507 e. The number of para-hydroxylation sites is 1. The maximum Gasteiger partial charge on any atom is 0.300 e. The Morgan fingerprint density at radius 2 is 1.64 bits per heavy atom. The number of amides is 1. The second kappa shape index (κ2) is 11.1. The average Bonchev–Trinajstić information content (AvgIpc) is 3.54. The van der Waals surface area contributed by atoms with Crippen LogP contribution in [0.3, 0.4) is 0 Å². The van der Waals surface area contributed by atoms with E-state index in [1.165, 1.54) is 4.90 Å². The number of ether oxygens (including phenoxy) is 1. The summed E-state index contributed by atoms with van der Waals surface area (Å²) in [6.45, 7) is 6.51. The molecule has 6 heteroatoms. The number of nitrogens with one attached hydrogen (secondary N) is 1. The number of aryl methyl sites for hydroxylation is 1. The highest BCUT2D eigenvalue weighted by molar-refractivity contribution is 6.51. The third-order valence-corrected chi connectivity index (χ3v) is 7.88. The van der Waals surface area contributed by atoms with Gasteiger partial charge in [-0.3, -0.25) is 14.5 Å². The quantitative estimate of drug-likeness (QED) is 0.122. The summed E-state index contributed by atoms with van der Waals surface area (Å²) in [5.41, 5.74) is 5.68. The summed E-state index contributed by atoms with van der Waals surface area (Å²) >= 11 is 0. The van der Waals surface area contributed by atoms with Crippen molar-refractivity contribution in [3.63, 3.8) is 0 Å². The van der Waals surface area contributed by atoms with Crippen molar-refractivity contribution in [2.75, 3.05) is 4.90 Å². The summed E-state index contributed by atoms with van der Waals surface area (Å²) in [6.07, 6.45) is 1.82. The van der Waals surface area contributed by atoms with Gasteiger partial charge in [0, 0.05) is 33.9 Å². The Morgan fingerprint density at radius 3 is 2.36 bits per heavy atom. The molecular formula is C36H32N2O4. The molecule has 5 aromatic rings. The third-order valence-electron chi connectivity index (χ3n) is 7.88. The molecule has 1 unspecified atom stereocenters. The molecule has 42 heavy (non-hydrogen) atoms. The standard InChI is InChI=1S/C36H32N2O4/c1-22(2)25-13-16-27(17-14-25)38-33(29-20-37-30-12-8-7-11-28(29)30)32(35(40)36(38)41)34(39)26-15-18-31(23(3)19-26)42-21-24-9-5-4-6-10-24/h4-20,22,33,37,39H,21H2,1-3H3/b34-32+. The topological polar surface area (TPSA) is 82.6 Å². The van der Waals surface area contributed by atoms with Crippen molar-refractivity contribution in [1.29, 1.82) is 0 Å². The van der Waals surface area contributed by atoms with E-state index in [0.29, 0.717) is 29.5 Å². The Hall–Kier alpha value is -5.10. The van der Waals surface area contributed by atoms with Crippen molar-refractivity contribution in [2.24, 2.45) is 0 Å². The molecule has 1 fully saturated rings. The number of hydrogen-bond acceptors (Lipinski definition) is 4. The molecule has 1 atom stereocenters. The summed E-state index contributed by atoms with van der Waals surface area (Å²) in [5.74, 6) is -0.625. The van der Waals surface area contributed by atoms with Gasteiger partial charge in [0.2, 0.25) is 0 Å². The minimum Gasteiger partial charge on any atom is -0.507 e. The minimum atomic E-state index is -0.819. The van der Waals surface area contributed by atoms with Gasteiger partial charge in [-0.1, -0.05) is 74.5 Å². The van der Waals surface area contributed by atoms with Crippen LogP contribution in [-0.4, -0.2) is 21.8 Å². The number of ketones is 1. The number of H-pyrrole nitrogens is 1. The molecule has 0 spiro atoms. The highest BCUT2D eigenvalue weighted by atomic mass is 16.5. The van der Waals surface area contributed by atoms with E-state index < -0.39 is 17.7 Å². The SMILES string of the molecule is Cc1cc(/C(O)=C2\C(=O)C(=O)N(c3ccc(C(C)C)cc3)C2c2c[nH]c3ccccc23)ccc1OCc1ccccc1. The average molecular weight is 557 g/mol. The molecule has 1 aromatic heterocycles. The van der Waals surface area contributed by atoms with Crippen LogP contribution in [0.15, 0.2) is 109 Å². The van der Waals surface area contributed by atoms with Crippen LogP contribution in [0.5, 0.6) is 5.75 Å². The number of hydrogen-bond donors (Lipinski definition) is 2. The summed E-state index contributed by atoms with van der Waals surface area (Å²) < 4.78 is 6.02. The van der Waals surface area contributed by atoms with Crippen molar-refractivity contribution in [2.45, 2.75) is 39.3 Å². The van der Waals surface area contributed by atoms with Gasteiger partial charge in [-0.25, -0.2) is 0 Å². The van der Waals surface area contributed by atoms with E-state index in [1.54, 1.807) is 18.2 Å². The van der Waals surface area contributed by atoms with Crippen LogP contribution in [-0.2, 0) is 16.2 Å². The highest BCUT2D eigenvalue weighted by Crippen LogP contribution is 2.44. The first kappa shape index (κ1) is 27.1. The lowest BCUT2D eigenvalue weighted by Crippen LogP contribution is -2.29. The van der Waals surface area contributed by atoms with E-state index in [0.717, 1.165) is 33.2 Å². The molecule has 0 aliphatic carbocycles. The summed E-state index contributed by atoms with van der Waals surface area (Å²) in [4.78, 5) is 32.1. The number of aromatic amines is 1. The molecule has 0 radical (unpaired) electrons. The van der Waals surface area contributed by atoms with Crippen LogP contribution in [0.4, 0.5) is 5.69 Å². The monoisotopic (exact) mass is 556 g/mol. The van der Waals surface area contributed by atoms with Gasteiger partial charge in [-0.2, -0.15) is 0 Å². The van der Waals surface area contributed by atoms with E-state index in [-0.39, 0.29) is 11.3 Å². The lowest BCUT2D eigenvalue weighted by Gasteiger charge is -2.25. The lowest BCUT2D eigenvalue weighted by molar-refractivity contribution is -0.132. The van der Waals surface area contributed by atoms with Crippen LogP contribution in [0.1, 0.15) is 53.6 Å². The first-order chi connectivity index (χ1) is 20.3. The summed E-state index contributed by atoms with van der Waals surface area (Å²) in [5, 5.41) is 12.6. The number of benzene rings is 4. The number of Topliss-reactive ketones (excluding diaryl/α,β-unsaturated/α-hetero) is 1.